The van der Waals surface area contributed by atoms with Crippen molar-refractivity contribution in [3.8, 4) is 23.0 Å². The minimum absolute atomic E-state index is 0.0578. The summed E-state index contributed by atoms with van der Waals surface area (Å²) in [6.45, 7) is 1.04. The molecule has 1 amide bonds. The molecule has 0 fully saturated rings. The molecule has 1 aliphatic rings. The van der Waals surface area contributed by atoms with Crippen LogP contribution in [0.4, 0.5) is 0 Å². The number of carbonyl (C=O) groups excluding carboxylic acids is 1. The average Bonchev–Trinajstić information content (AvgIpc) is 3.06. The Morgan fingerprint density at radius 3 is 2.88 bits per heavy atom. The summed E-state index contributed by atoms with van der Waals surface area (Å²) in [6.07, 6.45) is 0.307. The highest BCUT2D eigenvalue weighted by Crippen LogP contribution is 2.34. The van der Waals surface area contributed by atoms with Gasteiger partial charge in [-0.15, -0.1) is 0 Å². The van der Waals surface area contributed by atoms with Gasteiger partial charge in [0.1, 0.15) is 18.1 Å². The normalized spacial score (nSPS) is 11.9. The number of ether oxygens (including phenoxy) is 4. The van der Waals surface area contributed by atoms with Gasteiger partial charge < -0.3 is 24.3 Å². The highest BCUT2D eigenvalue weighted by atomic mass is 16.7. The van der Waals surface area contributed by atoms with E-state index in [4.69, 9.17) is 18.9 Å². The van der Waals surface area contributed by atoms with Crippen molar-refractivity contribution in [3.05, 3.63) is 48.0 Å². The fourth-order valence-electron chi connectivity index (χ4n) is 2.36. The van der Waals surface area contributed by atoms with Crippen molar-refractivity contribution in [2.75, 3.05) is 27.1 Å². The molecule has 0 unspecified atom stereocenters. The molecule has 1 aliphatic heterocycles. The summed E-state index contributed by atoms with van der Waals surface area (Å²) in [7, 11) is 1.60. The Morgan fingerprint density at radius 2 is 2.00 bits per heavy atom. The maximum atomic E-state index is 11.9. The number of rotatable bonds is 7. The van der Waals surface area contributed by atoms with E-state index >= 15 is 0 Å². The first kappa shape index (κ1) is 16.0. The van der Waals surface area contributed by atoms with E-state index in [0.29, 0.717) is 36.8 Å². The second-order valence-electron chi connectivity index (χ2n) is 5.24. The van der Waals surface area contributed by atoms with Gasteiger partial charge >= 0.3 is 0 Å². The molecule has 0 aromatic heterocycles. The Hall–Kier alpha value is -2.89. The van der Waals surface area contributed by atoms with E-state index in [2.05, 4.69) is 5.32 Å². The number of methoxy groups -OCH3 is 1. The van der Waals surface area contributed by atoms with Gasteiger partial charge in [0.2, 0.25) is 12.7 Å². The van der Waals surface area contributed by atoms with Crippen LogP contribution in [0.1, 0.15) is 5.56 Å². The lowest BCUT2D eigenvalue weighted by Gasteiger charge is -2.09. The third-order valence-corrected chi connectivity index (χ3v) is 3.54. The summed E-state index contributed by atoms with van der Waals surface area (Å²) in [5.41, 5.74) is 0.906. The first-order valence-electron chi connectivity index (χ1n) is 7.66. The van der Waals surface area contributed by atoms with Gasteiger partial charge in [0.25, 0.3) is 0 Å². The lowest BCUT2D eigenvalue weighted by Crippen LogP contribution is -2.29. The quantitative estimate of drug-likeness (QED) is 0.789. The fourth-order valence-corrected chi connectivity index (χ4v) is 2.36. The van der Waals surface area contributed by atoms with Crippen LogP contribution in [0, 0.1) is 0 Å². The van der Waals surface area contributed by atoms with E-state index < -0.39 is 0 Å². The van der Waals surface area contributed by atoms with Gasteiger partial charge in [0, 0.05) is 6.07 Å². The number of carbonyl (C=O) groups is 1. The maximum absolute atomic E-state index is 11.9. The average molecular weight is 329 g/mol. The summed E-state index contributed by atoms with van der Waals surface area (Å²) >= 11 is 0. The lowest BCUT2D eigenvalue weighted by atomic mass is 10.1. The van der Waals surface area contributed by atoms with E-state index in [9.17, 15) is 4.79 Å². The van der Waals surface area contributed by atoms with Crippen molar-refractivity contribution in [1.82, 2.24) is 5.32 Å². The smallest absolute Gasteiger partial charge is 0.231 e. The molecule has 1 heterocycles. The van der Waals surface area contributed by atoms with Crippen LogP contribution in [-0.2, 0) is 11.2 Å². The molecule has 0 saturated carbocycles. The van der Waals surface area contributed by atoms with Gasteiger partial charge in [0.15, 0.2) is 11.5 Å². The molecule has 24 heavy (non-hydrogen) atoms. The van der Waals surface area contributed by atoms with Gasteiger partial charge in [-0.05, 0) is 29.8 Å². The summed E-state index contributed by atoms with van der Waals surface area (Å²) in [5.74, 6) is 2.76. The Balaban J connectivity index is 1.40. The van der Waals surface area contributed by atoms with Crippen LogP contribution >= 0.6 is 0 Å². The minimum Gasteiger partial charge on any atom is -0.497 e. The van der Waals surface area contributed by atoms with Gasteiger partial charge in [0.05, 0.1) is 20.1 Å². The van der Waals surface area contributed by atoms with Crippen LogP contribution in [-0.4, -0.2) is 33.0 Å². The van der Waals surface area contributed by atoms with Crippen LogP contribution in [0.25, 0.3) is 0 Å². The Kier molecular flexibility index (Phi) is 5.05. The van der Waals surface area contributed by atoms with E-state index in [-0.39, 0.29) is 12.7 Å². The predicted molar refractivity (Wildman–Crippen MR) is 87.8 cm³/mol. The second kappa shape index (κ2) is 7.59. The maximum Gasteiger partial charge on any atom is 0.231 e. The zero-order valence-corrected chi connectivity index (χ0v) is 13.4. The van der Waals surface area contributed by atoms with Crippen molar-refractivity contribution in [1.29, 1.82) is 0 Å². The summed E-state index contributed by atoms with van der Waals surface area (Å²) in [4.78, 5) is 11.9. The standard InChI is InChI=1S/C18H19NO5/c1-21-14-4-2-3-13(9-14)10-18(20)19-7-8-22-15-5-6-16-17(11-15)24-12-23-16/h2-6,9,11H,7-8,10,12H2,1H3,(H,19,20). The molecule has 2 aromatic rings. The molecule has 0 bridgehead atoms. The van der Waals surface area contributed by atoms with Gasteiger partial charge in [-0.3, -0.25) is 4.79 Å². The van der Waals surface area contributed by atoms with E-state index in [1.807, 2.05) is 30.3 Å². The number of benzene rings is 2. The van der Waals surface area contributed by atoms with Crippen LogP contribution in [0.2, 0.25) is 0 Å². The molecule has 0 aliphatic carbocycles. The fraction of sp³-hybridized carbons (Fsp3) is 0.278. The summed E-state index contributed by atoms with van der Waals surface area (Å²) in [6, 6.07) is 12.9. The minimum atomic E-state index is -0.0578. The molecule has 1 N–H and O–H groups in total. The molecule has 126 valence electrons. The second-order valence-corrected chi connectivity index (χ2v) is 5.24. The Morgan fingerprint density at radius 1 is 1.12 bits per heavy atom. The first-order chi connectivity index (χ1) is 11.7. The van der Waals surface area contributed by atoms with Crippen LogP contribution < -0.4 is 24.3 Å². The van der Waals surface area contributed by atoms with Crippen molar-refractivity contribution in [2.45, 2.75) is 6.42 Å². The third kappa shape index (κ3) is 4.10. The molecule has 3 rings (SSSR count). The highest BCUT2D eigenvalue weighted by molar-refractivity contribution is 5.78. The van der Waals surface area contributed by atoms with Crippen LogP contribution in [0.3, 0.4) is 0 Å². The van der Waals surface area contributed by atoms with Gasteiger partial charge in [-0.1, -0.05) is 12.1 Å². The van der Waals surface area contributed by atoms with Crippen molar-refractivity contribution >= 4 is 5.91 Å². The molecule has 0 radical (unpaired) electrons. The van der Waals surface area contributed by atoms with E-state index in [1.165, 1.54) is 0 Å². The van der Waals surface area contributed by atoms with Crippen molar-refractivity contribution in [2.24, 2.45) is 0 Å². The Bertz CT molecular complexity index is 716. The molecule has 2 aromatic carbocycles. The molecular weight excluding hydrogens is 310 g/mol. The summed E-state index contributed by atoms with van der Waals surface area (Å²) < 4.78 is 21.3. The third-order valence-electron chi connectivity index (χ3n) is 3.54. The molecule has 0 atom stereocenters. The van der Waals surface area contributed by atoms with Gasteiger partial charge in [-0.2, -0.15) is 0 Å². The van der Waals surface area contributed by atoms with Gasteiger partial charge in [-0.25, -0.2) is 0 Å². The predicted octanol–water partition coefficient (Wildman–Crippen LogP) is 2.16. The van der Waals surface area contributed by atoms with E-state index in [0.717, 1.165) is 11.3 Å². The number of nitrogens with one attached hydrogen (secondary N) is 1. The monoisotopic (exact) mass is 329 g/mol. The van der Waals surface area contributed by atoms with Crippen LogP contribution in [0.15, 0.2) is 42.5 Å². The molecule has 0 spiro atoms. The zero-order chi connectivity index (χ0) is 16.8. The number of hydrogen-bond donors (Lipinski definition) is 1. The number of hydrogen-bond acceptors (Lipinski definition) is 5. The number of fused-ring (bicyclic) bond motifs is 1. The van der Waals surface area contributed by atoms with Crippen LogP contribution in [0.5, 0.6) is 23.0 Å². The molecule has 6 nitrogen and oxygen atoms in total. The van der Waals surface area contributed by atoms with E-state index in [1.54, 1.807) is 19.2 Å². The first-order valence-corrected chi connectivity index (χ1v) is 7.66. The largest absolute Gasteiger partial charge is 0.497 e. The van der Waals surface area contributed by atoms with Crippen molar-refractivity contribution in [3.63, 3.8) is 0 Å². The topological polar surface area (TPSA) is 66.0 Å². The van der Waals surface area contributed by atoms with Crippen molar-refractivity contribution < 1.29 is 23.7 Å². The molecule has 0 saturated heterocycles. The highest BCUT2D eigenvalue weighted by Gasteiger charge is 2.13. The summed E-state index contributed by atoms with van der Waals surface area (Å²) in [5, 5.41) is 2.83. The lowest BCUT2D eigenvalue weighted by molar-refractivity contribution is -0.120. The Labute approximate surface area is 140 Å². The SMILES string of the molecule is COc1cccc(CC(=O)NCCOc2ccc3c(c2)OCO3)c1. The molecule has 6 heteroatoms. The zero-order valence-electron chi connectivity index (χ0n) is 13.4. The molecular formula is C18H19NO5. The number of amides is 1.